The van der Waals surface area contributed by atoms with Crippen LogP contribution in [0.5, 0.6) is 0 Å². The fraction of sp³-hybridized carbons (Fsp3) is 0.371. The Bertz CT molecular complexity index is 2570. The van der Waals surface area contributed by atoms with E-state index < -0.39 is 82.3 Å². The Balaban J connectivity index is 1.26. The summed E-state index contributed by atoms with van der Waals surface area (Å²) in [7, 11) is 0. The first-order chi connectivity index (χ1) is 25.8. The number of aliphatic hydroxyl groups is 1. The number of carbonyl (C=O) groups excluding carboxylic acids is 1. The molecule has 0 radical (unpaired) electrons. The normalized spacial score (nSPS) is 18.1. The number of pyridine rings is 2. The highest BCUT2D eigenvalue weighted by atomic mass is 32.1. The molecule has 20 heteroatoms. The molecule has 0 unspecified atom stereocenters. The van der Waals surface area contributed by atoms with Crippen molar-refractivity contribution in [1.82, 2.24) is 39.7 Å². The fourth-order valence-electron chi connectivity index (χ4n) is 7.30. The van der Waals surface area contributed by atoms with Crippen LogP contribution in [0.1, 0.15) is 66.1 Å². The summed E-state index contributed by atoms with van der Waals surface area (Å²) in [6.07, 6.45) is -5.52. The summed E-state index contributed by atoms with van der Waals surface area (Å²) < 4.78 is 104. The van der Waals surface area contributed by atoms with Gasteiger partial charge in [-0.3, -0.25) is 9.48 Å². The summed E-state index contributed by atoms with van der Waals surface area (Å²) in [6, 6.07) is 6.25. The van der Waals surface area contributed by atoms with Gasteiger partial charge in [0.2, 0.25) is 5.91 Å². The van der Waals surface area contributed by atoms with E-state index in [1.54, 1.807) is 39.0 Å². The van der Waals surface area contributed by atoms with Crippen molar-refractivity contribution in [3.8, 4) is 11.1 Å². The van der Waals surface area contributed by atoms with Gasteiger partial charge in [-0.05, 0) is 75.4 Å². The predicted octanol–water partition coefficient (Wildman–Crippen LogP) is 5.99. The lowest BCUT2D eigenvalue weighted by atomic mass is 9.94. The van der Waals surface area contributed by atoms with Crippen molar-refractivity contribution in [2.75, 3.05) is 11.9 Å². The lowest BCUT2D eigenvalue weighted by molar-refractivity contribution is -0.142. The minimum Gasteiger partial charge on any atom is -0.389 e. The molecule has 288 valence electrons. The van der Waals surface area contributed by atoms with Crippen LogP contribution >= 0.6 is 11.3 Å². The molecule has 1 saturated carbocycles. The second-order valence-corrected chi connectivity index (χ2v) is 15.5. The summed E-state index contributed by atoms with van der Waals surface area (Å²) in [5.41, 5.74) is -3.03. The number of aromatic amines is 1. The van der Waals surface area contributed by atoms with Crippen molar-refractivity contribution in [2.45, 2.75) is 69.8 Å². The van der Waals surface area contributed by atoms with Crippen molar-refractivity contribution < 1.29 is 40.6 Å². The molecular weight excluding hydrogens is 759 g/mol. The molecule has 2 aliphatic carbocycles. The zero-order chi connectivity index (χ0) is 39.4. The van der Waals surface area contributed by atoms with Crippen molar-refractivity contribution in [2.24, 2.45) is 5.92 Å². The molecule has 5 heterocycles. The van der Waals surface area contributed by atoms with Crippen molar-refractivity contribution >= 4 is 38.4 Å². The van der Waals surface area contributed by atoms with E-state index in [2.05, 4.69) is 30.9 Å². The molecule has 0 aliphatic heterocycles. The number of carbonyl (C=O) groups is 1. The third-order valence-corrected chi connectivity index (χ3v) is 10.7. The third-order valence-electron chi connectivity index (χ3n) is 9.72. The Morgan fingerprint density at radius 3 is 2.53 bits per heavy atom. The molecule has 6 aromatic rings. The first kappa shape index (κ1) is 36.6. The zero-order valence-corrected chi connectivity index (χ0v) is 29.8. The quantitative estimate of drug-likeness (QED) is 0.124. The molecule has 0 bridgehead atoms. The Labute approximate surface area is 309 Å². The molecular formula is C35H30F7N9O3S. The number of nitrogens with one attached hydrogen (secondary N) is 3. The Kier molecular flexibility index (Phi) is 8.37. The van der Waals surface area contributed by atoms with Gasteiger partial charge in [0, 0.05) is 40.9 Å². The standard InChI is InChI=1S/C35H30F7N9O3S/c1-14-18(4-5-24-47-48-32(53)51(14)24)19-11-23-30(46-31(55-23)43-13-33(2,3)54)45-27(19)22(8-15-6-16(36)9-17(37)7-15)44-25(52)12-50-29-26(28(49-50)35(40,41)42)20-10-21(20)34(29,38)39/h4-7,9,11,20-22,54H,8,10,12-13H2,1-3H3,(H,44,52)(H,48,53)(H,43,45,46)/t20-,21+,22-/m0/s1. The number of aromatic nitrogens is 7. The van der Waals surface area contributed by atoms with Crippen LogP contribution < -0.4 is 16.3 Å². The van der Waals surface area contributed by atoms with E-state index in [0.29, 0.717) is 37.4 Å². The predicted molar refractivity (Wildman–Crippen MR) is 185 cm³/mol. The van der Waals surface area contributed by atoms with E-state index in [1.807, 2.05) is 0 Å². The van der Waals surface area contributed by atoms with Crippen LogP contribution in [0, 0.1) is 24.5 Å². The molecule has 1 amide bonds. The second-order valence-electron chi connectivity index (χ2n) is 14.4. The summed E-state index contributed by atoms with van der Waals surface area (Å²) >= 11 is 1.18. The number of alkyl halides is 5. The summed E-state index contributed by atoms with van der Waals surface area (Å²) in [5, 5.41) is 26.1. The maximum atomic E-state index is 15.3. The number of benzene rings is 1. The van der Waals surface area contributed by atoms with Gasteiger partial charge in [-0.15, -0.1) is 0 Å². The number of hydrogen-bond donors (Lipinski definition) is 4. The SMILES string of the molecule is Cc1c(-c2cc3sc(NCC(C)(C)O)nc3nc2[C@H](Cc2cc(F)cc(F)c2)NC(=O)Cn2nc(C(F)(F)F)c3c2C(F)(F)[C@@H]2C[C@H]32)ccc2n[nH]c(=O)n12. The summed E-state index contributed by atoms with van der Waals surface area (Å²) in [6.45, 7) is 3.88. The minimum atomic E-state index is -5.05. The maximum absolute atomic E-state index is 15.3. The molecule has 3 atom stereocenters. The van der Waals surface area contributed by atoms with Gasteiger partial charge in [-0.1, -0.05) is 11.3 Å². The number of fused-ring (bicyclic) bond motifs is 5. The fourth-order valence-corrected chi connectivity index (χ4v) is 8.15. The van der Waals surface area contributed by atoms with Crippen molar-refractivity contribution in [1.29, 1.82) is 0 Å². The van der Waals surface area contributed by atoms with Crippen LogP contribution in [0.25, 0.3) is 27.1 Å². The number of halogens is 7. The first-order valence-corrected chi connectivity index (χ1v) is 17.8. The Morgan fingerprint density at radius 2 is 1.84 bits per heavy atom. The van der Waals surface area contributed by atoms with Gasteiger partial charge in [0.05, 0.1) is 22.0 Å². The number of amides is 1. The van der Waals surface area contributed by atoms with Gasteiger partial charge >= 0.3 is 11.9 Å². The van der Waals surface area contributed by atoms with Crippen LogP contribution in [0.4, 0.5) is 35.9 Å². The van der Waals surface area contributed by atoms with Gasteiger partial charge in [-0.25, -0.2) is 33.0 Å². The van der Waals surface area contributed by atoms with Crippen LogP contribution in [0.15, 0.2) is 41.2 Å². The monoisotopic (exact) mass is 789 g/mol. The van der Waals surface area contributed by atoms with Gasteiger partial charge < -0.3 is 15.7 Å². The lowest BCUT2D eigenvalue weighted by Gasteiger charge is -2.23. The highest BCUT2D eigenvalue weighted by Gasteiger charge is 2.68. The topological polar surface area (TPSA) is 155 Å². The Morgan fingerprint density at radius 1 is 1.11 bits per heavy atom. The molecule has 0 saturated heterocycles. The van der Waals surface area contributed by atoms with E-state index in [1.165, 1.54) is 15.7 Å². The van der Waals surface area contributed by atoms with Gasteiger partial charge in [-0.2, -0.15) is 32.1 Å². The van der Waals surface area contributed by atoms with E-state index in [-0.39, 0.29) is 41.9 Å². The van der Waals surface area contributed by atoms with Gasteiger partial charge in [0.15, 0.2) is 22.1 Å². The molecule has 0 spiro atoms. The molecule has 55 heavy (non-hydrogen) atoms. The molecule has 1 aromatic carbocycles. The smallest absolute Gasteiger partial charge is 0.389 e. The van der Waals surface area contributed by atoms with Crippen LogP contribution in [0.2, 0.25) is 0 Å². The second kappa shape index (κ2) is 12.6. The highest BCUT2D eigenvalue weighted by molar-refractivity contribution is 7.22. The summed E-state index contributed by atoms with van der Waals surface area (Å²) in [5.74, 6) is -8.92. The van der Waals surface area contributed by atoms with Crippen molar-refractivity contribution in [3.05, 3.63) is 92.4 Å². The molecule has 5 aromatic heterocycles. The van der Waals surface area contributed by atoms with Crippen LogP contribution in [-0.4, -0.2) is 57.5 Å². The van der Waals surface area contributed by atoms with E-state index in [9.17, 15) is 36.6 Å². The van der Waals surface area contributed by atoms with Crippen LogP contribution in [0.3, 0.4) is 0 Å². The average Bonchev–Trinajstić information content (AvgIpc) is 3.31. The maximum Gasteiger partial charge on any atom is 0.435 e. The highest BCUT2D eigenvalue weighted by Crippen LogP contribution is 2.68. The average molecular weight is 790 g/mol. The molecule has 12 nitrogen and oxygen atoms in total. The number of aryl methyl sites for hydroxylation is 1. The van der Waals surface area contributed by atoms with E-state index in [0.717, 1.165) is 12.1 Å². The Hall–Kier alpha value is -5.37. The van der Waals surface area contributed by atoms with Gasteiger partial charge in [0.25, 0.3) is 5.92 Å². The number of H-pyrrole nitrogens is 1. The molecule has 4 N–H and O–H groups in total. The minimum absolute atomic E-state index is 0.0469. The number of thiazole rings is 1. The van der Waals surface area contributed by atoms with E-state index >= 15 is 8.78 Å². The van der Waals surface area contributed by atoms with Crippen molar-refractivity contribution in [3.63, 3.8) is 0 Å². The third kappa shape index (κ3) is 6.59. The first-order valence-electron chi connectivity index (χ1n) is 16.9. The van der Waals surface area contributed by atoms with Crippen LogP contribution in [-0.2, 0) is 29.9 Å². The number of rotatable bonds is 10. The largest absolute Gasteiger partial charge is 0.435 e. The number of nitrogens with zero attached hydrogens (tertiary/aromatic N) is 6. The molecule has 2 aliphatic rings. The summed E-state index contributed by atoms with van der Waals surface area (Å²) in [4.78, 5) is 35.9. The number of hydrogen-bond acceptors (Lipinski definition) is 9. The van der Waals surface area contributed by atoms with Gasteiger partial charge in [0.1, 0.15) is 23.9 Å². The zero-order valence-electron chi connectivity index (χ0n) is 29.0. The number of anilines is 1. The molecule has 8 rings (SSSR count). The lowest BCUT2D eigenvalue weighted by Crippen LogP contribution is -2.35. The van der Waals surface area contributed by atoms with E-state index in [4.69, 9.17) is 4.98 Å². The molecule has 1 fully saturated rings.